The molecule has 0 aromatic carbocycles. The van der Waals surface area contributed by atoms with Gasteiger partial charge in [-0.05, 0) is 25.1 Å². The van der Waals surface area contributed by atoms with Gasteiger partial charge in [-0.15, -0.1) is 0 Å². The number of nitrogens with one attached hydrogen (secondary N) is 1. The average Bonchev–Trinajstić information content (AvgIpc) is 2.36. The van der Waals surface area contributed by atoms with Crippen LogP contribution in [0.1, 0.15) is 6.92 Å². The van der Waals surface area contributed by atoms with Crippen molar-refractivity contribution < 1.29 is 9.59 Å². The summed E-state index contributed by atoms with van der Waals surface area (Å²) in [5.41, 5.74) is 0.673. The fourth-order valence-corrected chi connectivity index (χ4v) is 1.23. The van der Waals surface area contributed by atoms with Crippen molar-refractivity contribution in [2.24, 2.45) is 0 Å². The molecule has 0 bridgehead atoms. The fourth-order valence-electron chi connectivity index (χ4n) is 1.23. The van der Waals surface area contributed by atoms with Gasteiger partial charge in [0.05, 0.1) is 11.9 Å². The molecule has 0 aliphatic carbocycles. The third-order valence-electron chi connectivity index (χ3n) is 2.14. The molecule has 1 amide bonds. The summed E-state index contributed by atoms with van der Waals surface area (Å²) in [6.07, 6.45) is 4.55. The van der Waals surface area contributed by atoms with Crippen LogP contribution in [0.3, 0.4) is 0 Å². The van der Waals surface area contributed by atoms with E-state index in [1.165, 1.54) is 17.1 Å². The molecule has 0 saturated carbocycles. The molecule has 17 heavy (non-hydrogen) atoms. The van der Waals surface area contributed by atoms with Crippen molar-refractivity contribution in [2.45, 2.75) is 6.92 Å². The van der Waals surface area contributed by atoms with Crippen molar-refractivity contribution in [1.82, 2.24) is 4.98 Å². The molecular weight excluding hydrogens is 218 g/mol. The van der Waals surface area contributed by atoms with Gasteiger partial charge >= 0.3 is 0 Å². The van der Waals surface area contributed by atoms with Gasteiger partial charge in [-0.2, -0.15) is 0 Å². The van der Waals surface area contributed by atoms with Gasteiger partial charge in [-0.1, -0.05) is 0 Å². The van der Waals surface area contributed by atoms with Crippen LogP contribution in [0.5, 0.6) is 0 Å². The highest BCUT2D eigenvalue weighted by molar-refractivity contribution is 6.02. The van der Waals surface area contributed by atoms with E-state index in [1.807, 2.05) is 6.92 Å². The van der Waals surface area contributed by atoms with E-state index in [4.69, 9.17) is 0 Å². The van der Waals surface area contributed by atoms with Crippen molar-refractivity contribution in [3.8, 4) is 0 Å². The van der Waals surface area contributed by atoms with E-state index in [9.17, 15) is 9.59 Å². The van der Waals surface area contributed by atoms with Gasteiger partial charge in [0.1, 0.15) is 12.1 Å². The number of likely N-dealkylation sites (N-methyl/N-ethyl adjacent to an activating group) is 1. The van der Waals surface area contributed by atoms with Crippen LogP contribution in [0, 0.1) is 0 Å². The minimum Gasteiger partial charge on any atom is -0.370 e. The lowest BCUT2D eigenvalue weighted by atomic mass is 10.3. The van der Waals surface area contributed by atoms with E-state index in [0.29, 0.717) is 12.0 Å². The number of carbonyl (C=O) groups excluding carboxylic acids is 2. The van der Waals surface area contributed by atoms with Crippen molar-refractivity contribution in [3.63, 3.8) is 0 Å². The molecule has 5 heteroatoms. The van der Waals surface area contributed by atoms with Gasteiger partial charge in [0.15, 0.2) is 0 Å². The van der Waals surface area contributed by atoms with Crippen LogP contribution in [0.4, 0.5) is 11.5 Å². The van der Waals surface area contributed by atoms with E-state index >= 15 is 0 Å². The van der Waals surface area contributed by atoms with Crippen LogP contribution in [0.25, 0.3) is 0 Å². The zero-order chi connectivity index (χ0) is 12.7. The Balaban J connectivity index is 2.75. The minimum absolute atomic E-state index is 0.268. The second-order valence-corrected chi connectivity index (χ2v) is 3.32. The predicted molar refractivity (Wildman–Crippen MR) is 67.0 cm³/mol. The number of hydrogen-bond acceptors (Lipinski definition) is 4. The number of anilines is 2. The van der Waals surface area contributed by atoms with Crippen molar-refractivity contribution in [2.75, 3.05) is 23.8 Å². The van der Waals surface area contributed by atoms with Gasteiger partial charge in [0, 0.05) is 19.7 Å². The topological polar surface area (TPSA) is 62.3 Å². The Hall–Kier alpha value is -2.17. The van der Waals surface area contributed by atoms with Crippen LogP contribution in [0.2, 0.25) is 0 Å². The summed E-state index contributed by atoms with van der Waals surface area (Å²) in [6.45, 7) is 2.78. The molecule has 0 atom stereocenters. The first-order chi connectivity index (χ1) is 8.19. The first kappa shape index (κ1) is 12.9. The molecule has 0 spiro atoms. The quantitative estimate of drug-likeness (QED) is 0.613. The Morgan fingerprint density at radius 3 is 2.82 bits per heavy atom. The summed E-state index contributed by atoms with van der Waals surface area (Å²) in [4.78, 5) is 27.2. The SMILES string of the molecule is CCNc1ccc(N(C)C(=O)/C=C\C=O)cn1. The Kier molecular flexibility index (Phi) is 4.87. The number of amides is 1. The number of rotatable bonds is 5. The fraction of sp³-hybridized carbons (Fsp3) is 0.250. The maximum absolute atomic E-state index is 11.5. The third kappa shape index (κ3) is 3.71. The summed E-state index contributed by atoms with van der Waals surface area (Å²) in [5.74, 6) is 0.496. The van der Waals surface area contributed by atoms with Crippen molar-refractivity contribution in [1.29, 1.82) is 0 Å². The van der Waals surface area contributed by atoms with Crippen LogP contribution in [0.15, 0.2) is 30.5 Å². The summed E-state index contributed by atoms with van der Waals surface area (Å²) < 4.78 is 0. The van der Waals surface area contributed by atoms with Crippen LogP contribution >= 0.6 is 0 Å². The molecule has 1 N–H and O–H groups in total. The first-order valence-corrected chi connectivity index (χ1v) is 5.28. The van der Waals surface area contributed by atoms with Gasteiger partial charge in [0.25, 0.3) is 5.91 Å². The third-order valence-corrected chi connectivity index (χ3v) is 2.14. The monoisotopic (exact) mass is 233 g/mol. The van der Waals surface area contributed by atoms with Crippen LogP contribution in [-0.2, 0) is 9.59 Å². The maximum Gasteiger partial charge on any atom is 0.250 e. The van der Waals surface area contributed by atoms with Gasteiger partial charge in [-0.25, -0.2) is 4.98 Å². The van der Waals surface area contributed by atoms with Crippen LogP contribution in [-0.4, -0.2) is 30.8 Å². The first-order valence-electron chi connectivity index (χ1n) is 5.28. The van der Waals surface area contributed by atoms with Gasteiger partial charge < -0.3 is 10.2 Å². The highest BCUT2D eigenvalue weighted by atomic mass is 16.2. The maximum atomic E-state index is 11.5. The lowest BCUT2D eigenvalue weighted by Gasteiger charge is -2.15. The van der Waals surface area contributed by atoms with E-state index in [1.54, 1.807) is 25.4 Å². The lowest BCUT2D eigenvalue weighted by Crippen LogP contribution is -2.24. The number of aldehydes is 1. The molecule has 0 saturated heterocycles. The Bertz CT molecular complexity index is 412. The summed E-state index contributed by atoms with van der Waals surface area (Å²) in [7, 11) is 1.63. The van der Waals surface area contributed by atoms with Crippen molar-refractivity contribution >= 4 is 23.7 Å². The minimum atomic E-state index is -0.268. The molecule has 1 aromatic heterocycles. The Labute approximate surface area is 100 Å². The second kappa shape index (κ2) is 6.42. The molecule has 0 radical (unpaired) electrons. The van der Waals surface area contributed by atoms with Gasteiger partial charge in [0.2, 0.25) is 0 Å². The second-order valence-electron chi connectivity index (χ2n) is 3.32. The number of hydrogen-bond donors (Lipinski definition) is 1. The van der Waals surface area contributed by atoms with E-state index in [2.05, 4.69) is 10.3 Å². The Morgan fingerprint density at radius 2 is 2.29 bits per heavy atom. The molecule has 5 nitrogen and oxygen atoms in total. The smallest absolute Gasteiger partial charge is 0.250 e. The molecule has 1 rings (SSSR count). The summed E-state index contributed by atoms with van der Waals surface area (Å²) >= 11 is 0. The number of pyridine rings is 1. The number of aromatic nitrogens is 1. The molecule has 0 fully saturated rings. The molecular formula is C12H15N3O2. The predicted octanol–water partition coefficient (Wildman–Crippen LogP) is 1.23. The number of allylic oxidation sites excluding steroid dienone is 1. The van der Waals surface area contributed by atoms with Crippen molar-refractivity contribution in [3.05, 3.63) is 30.5 Å². The molecule has 0 aliphatic rings. The average molecular weight is 233 g/mol. The largest absolute Gasteiger partial charge is 0.370 e. The van der Waals surface area contributed by atoms with E-state index < -0.39 is 0 Å². The molecule has 0 unspecified atom stereocenters. The summed E-state index contributed by atoms with van der Waals surface area (Å²) in [6, 6.07) is 3.59. The zero-order valence-corrected chi connectivity index (χ0v) is 9.88. The van der Waals surface area contributed by atoms with Gasteiger partial charge in [-0.3, -0.25) is 9.59 Å². The Morgan fingerprint density at radius 1 is 1.53 bits per heavy atom. The highest BCUT2D eigenvalue weighted by Crippen LogP contribution is 2.13. The molecule has 1 heterocycles. The normalized spacial score (nSPS) is 10.2. The van der Waals surface area contributed by atoms with Crippen LogP contribution < -0.4 is 10.2 Å². The molecule has 90 valence electrons. The zero-order valence-electron chi connectivity index (χ0n) is 9.88. The van der Waals surface area contributed by atoms with E-state index in [0.717, 1.165) is 12.4 Å². The highest BCUT2D eigenvalue weighted by Gasteiger charge is 2.07. The standard InChI is InChI=1S/C12H15N3O2/c1-3-13-11-7-6-10(9-14-11)15(2)12(17)5-4-8-16/h4-9H,3H2,1-2H3,(H,13,14)/b5-4-. The molecule has 1 aromatic rings. The van der Waals surface area contributed by atoms with E-state index in [-0.39, 0.29) is 5.91 Å². The lowest BCUT2D eigenvalue weighted by molar-refractivity contribution is -0.114. The number of nitrogens with zero attached hydrogens (tertiary/aromatic N) is 2. The summed E-state index contributed by atoms with van der Waals surface area (Å²) in [5, 5.41) is 3.06. The molecule has 0 aliphatic heterocycles. The number of carbonyl (C=O) groups is 2.